The minimum atomic E-state index is -0.306. The number of hydrogen-bond acceptors (Lipinski definition) is 4. The number of methoxy groups -OCH3 is 2. The van der Waals surface area contributed by atoms with Crippen molar-refractivity contribution in [1.82, 2.24) is 14.7 Å². The molecule has 3 aromatic rings. The van der Waals surface area contributed by atoms with Gasteiger partial charge in [-0.15, -0.1) is 0 Å². The Morgan fingerprint density at radius 3 is 2.34 bits per heavy atom. The number of nitrogens with zero attached hydrogens (tertiary/aromatic N) is 3. The van der Waals surface area contributed by atoms with E-state index in [1.165, 1.54) is 12.1 Å². The largest absolute Gasteiger partial charge is 0.493 e. The predicted molar refractivity (Wildman–Crippen MR) is 107 cm³/mol. The molecule has 4 rings (SSSR count). The molecule has 6 nitrogen and oxygen atoms in total. The summed E-state index contributed by atoms with van der Waals surface area (Å²) in [7, 11) is 4.96. The third-order valence-electron chi connectivity index (χ3n) is 5.24. The summed E-state index contributed by atoms with van der Waals surface area (Å²) in [6.45, 7) is 1.10. The number of aryl methyl sites for hydroxylation is 1. The molecule has 1 aliphatic heterocycles. The van der Waals surface area contributed by atoms with E-state index in [0.29, 0.717) is 36.0 Å². The second-order valence-electron chi connectivity index (χ2n) is 7.00. The quantitative estimate of drug-likeness (QED) is 0.679. The number of carbonyl (C=O) groups excluding carboxylic acids is 1. The van der Waals surface area contributed by atoms with Crippen LogP contribution in [-0.4, -0.2) is 41.4 Å². The van der Waals surface area contributed by atoms with Crippen LogP contribution in [0.5, 0.6) is 11.5 Å². The van der Waals surface area contributed by atoms with Crippen molar-refractivity contribution in [1.29, 1.82) is 0 Å². The molecule has 0 saturated carbocycles. The summed E-state index contributed by atoms with van der Waals surface area (Å²) in [5.41, 5.74) is 4.10. The fraction of sp³-hybridized carbons (Fsp3) is 0.273. The number of carbonyl (C=O) groups is 1. The standard InChI is InChI=1S/C22H22FN3O3/c1-25-19(12-18(24-25)14-4-6-17(23)7-5-14)22(27)26-9-8-15-10-20(28-2)21(29-3)11-16(15)13-26/h4-7,10-12H,8-9,13H2,1-3H3. The van der Waals surface area contributed by atoms with E-state index in [1.807, 2.05) is 12.1 Å². The zero-order valence-corrected chi connectivity index (χ0v) is 16.6. The normalized spacial score (nSPS) is 13.2. The highest BCUT2D eigenvalue weighted by atomic mass is 19.1. The highest BCUT2D eigenvalue weighted by molar-refractivity contribution is 5.94. The van der Waals surface area contributed by atoms with Crippen LogP contribution >= 0.6 is 0 Å². The molecule has 2 aromatic carbocycles. The number of fused-ring (bicyclic) bond motifs is 1. The molecule has 1 amide bonds. The number of halogens is 1. The first-order valence-corrected chi connectivity index (χ1v) is 9.33. The van der Waals surface area contributed by atoms with Crippen molar-refractivity contribution in [2.24, 2.45) is 7.05 Å². The lowest BCUT2D eigenvalue weighted by Crippen LogP contribution is -2.36. The summed E-state index contributed by atoms with van der Waals surface area (Å²) in [6, 6.07) is 11.7. The number of rotatable bonds is 4. The van der Waals surface area contributed by atoms with Gasteiger partial charge in [0.2, 0.25) is 0 Å². The minimum Gasteiger partial charge on any atom is -0.493 e. The van der Waals surface area contributed by atoms with E-state index in [2.05, 4.69) is 5.10 Å². The van der Waals surface area contributed by atoms with Crippen LogP contribution in [0.1, 0.15) is 21.6 Å². The van der Waals surface area contributed by atoms with Gasteiger partial charge in [-0.3, -0.25) is 9.48 Å². The average molecular weight is 395 g/mol. The fourth-order valence-corrected chi connectivity index (χ4v) is 3.65. The Morgan fingerprint density at radius 1 is 1.03 bits per heavy atom. The first-order chi connectivity index (χ1) is 14.0. The van der Waals surface area contributed by atoms with Gasteiger partial charge in [0.15, 0.2) is 11.5 Å². The van der Waals surface area contributed by atoms with E-state index in [9.17, 15) is 9.18 Å². The molecule has 0 unspecified atom stereocenters. The Bertz CT molecular complexity index is 1060. The van der Waals surface area contributed by atoms with Gasteiger partial charge in [-0.1, -0.05) is 0 Å². The van der Waals surface area contributed by atoms with Gasteiger partial charge in [0.25, 0.3) is 5.91 Å². The van der Waals surface area contributed by atoms with Crippen molar-refractivity contribution in [3.05, 3.63) is 65.1 Å². The van der Waals surface area contributed by atoms with Crippen molar-refractivity contribution in [3.8, 4) is 22.8 Å². The van der Waals surface area contributed by atoms with E-state index in [1.54, 1.807) is 49.0 Å². The Labute approximate surface area is 168 Å². The van der Waals surface area contributed by atoms with E-state index < -0.39 is 0 Å². The molecular weight excluding hydrogens is 373 g/mol. The Morgan fingerprint density at radius 2 is 1.69 bits per heavy atom. The molecule has 0 N–H and O–H groups in total. The predicted octanol–water partition coefficient (Wildman–Crippen LogP) is 3.44. The van der Waals surface area contributed by atoms with Crippen molar-refractivity contribution in [2.45, 2.75) is 13.0 Å². The summed E-state index contributed by atoms with van der Waals surface area (Å²) in [5.74, 6) is 0.954. The molecule has 2 heterocycles. The maximum absolute atomic E-state index is 13.2. The second-order valence-corrected chi connectivity index (χ2v) is 7.00. The van der Waals surface area contributed by atoms with Gasteiger partial charge < -0.3 is 14.4 Å². The molecule has 0 aliphatic carbocycles. The lowest BCUT2D eigenvalue weighted by atomic mass is 9.98. The third-order valence-corrected chi connectivity index (χ3v) is 5.24. The van der Waals surface area contributed by atoms with Crippen molar-refractivity contribution in [2.75, 3.05) is 20.8 Å². The molecule has 150 valence electrons. The van der Waals surface area contributed by atoms with Gasteiger partial charge in [0.05, 0.1) is 19.9 Å². The summed E-state index contributed by atoms with van der Waals surface area (Å²) >= 11 is 0. The highest BCUT2D eigenvalue weighted by Gasteiger charge is 2.26. The van der Waals surface area contributed by atoms with Gasteiger partial charge in [-0.05, 0) is 60.0 Å². The van der Waals surface area contributed by atoms with Gasteiger partial charge >= 0.3 is 0 Å². The Kier molecular flexibility index (Phi) is 4.96. The Balaban J connectivity index is 1.59. The summed E-state index contributed by atoms with van der Waals surface area (Å²) in [5, 5.41) is 4.43. The van der Waals surface area contributed by atoms with E-state index >= 15 is 0 Å². The molecular formula is C22H22FN3O3. The average Bonchev–Trinajstić information content (AvgIpc) is 3.13. The van der Waals surface area contributed by atoms with Gasteiger partial charge in [0.1, 0.15) is 11.5 Å². The highest BCUT2D eigenvalue weighted by Crippen LogP contribution is 2.33. The van der Waals surface area contributed by atoms with Crippen molar-refractivity contribution < 1.29 is 18.7 Å². The van der Waals surface area contributed by atoms with Crippen molar-refractivity contribution >= 4 is 5.91 Å². The Hall–Kier alpha value is -3.35. The molecule has 0 saturated heterocycles. The van der Waals surface area contributed by atoms with Crippen LogP contribution in [0.2, 0.25) is 0 Å². The molecule has 1 aliphatic rings. The first-order valence-electron chi connectivity index (χ1n) is 9.33. The molecule has 0 radical (unpaired) electrons. The maximum Gasteiger partial charge on any atom is 0.272 e. The lowest BCUT2D eigenvalue weighted by molar-refractivity contribution is 0.0723. The fourth-order valence-electron chi connectivity index (χ4n) is 3.65. The smallest absolute Gasteiger partial charge is 0.272 e. The zero-order valence-electron chi connectivity index (χ0n) is 16.6. The molecule has 0 bridgehead atoms. The van der Waals surface area contributed by atoms with Crippen LogP contribution in [0, 0.1) is 5.82 Å². The third kappa shape index (κ3) is 3.55. The molecule has 7 heteroatoms. The SMILES string of the molecule is COc1cc2c(cc1OC)CN(C(=O)c1cc(-c3ccc(F)cc3)nn1C)CC2. The van der Waals surface area contributed by atoms with E-state index in [0.717, 1.165) is 23.1 Å². The number of benzene rings is 2. The lowest BCUT2D eigenvalue weighted by Gasteiger charge is -2.29. The van der Waals surface area contributed by atoms with Gasteiger partial charge in [0, 0.05) is 25.7 Å². The topological polar surface area (TPSA) is 56.6 Å². The molecule has 0 atom stereocenters. The molecule has 1 aromatic heterocycles. The number of amides is 1. The van der Waals surface area contributed by atoms with Gasteiger partial charge in [-0.25, -0.2) is 4.39 Å². The van der Waals surface area contributed by atoms with Crippen LogP contribution in [0.25, 0.3) is 11.3 Å². The summed E-state index contributed by atoms with van der Waals surface area (Å²) < 4.78 is 25.5. The summed E-state index contributed by atoms with van der Waals surface area (Å²) in [4.78, 5) is 15.0. The number of hydrogen-bond donors (Lipinski definition) is 0. The van der Waals surface area contributed by atoms with Crippen LogP contribution in [0.3, 0.4) is 0 Å². The zero-order chi connectivity index (χ0) is 20.5. The van der Waals surface area contributed by atoms with E-state index in [4.69, 9.17) is 9.47 Å². The van der Waals surface area contributed by atoms with Crippen LogP contribution < -0.4 is 9.47 Å². The first kappa shape index (κ1) is 19.0. The number of aromatic nitrogens is 2. The van der Waals surface area contributed by atoms with Crippen LogP contribution in [-0.2, 0) is 20.0 Å². The summed E-state index contributed by atoms with van der Waals surface area (Å²) in [6.07, 6.45) is 0.740. The van der Waals surface area contributed by atoms with Gasteiger partial charge in [-0.2, -0.15) is 5.10 Å². The minimum absolute atomic E-state index is 0.0891. The van der Waals surface area contributed by atoms with Crippen LogP contribution in [0.4, 0.5) is 4.39 Å². The van der Waals surface area contributed by atoms with Crippen LogP contribution in [0.15, 0.2) is 42.5 Å². The molecule has 29 heavy (non-hydrogen) atoms. The second kappa shape index (κ2) is 7.58. The van der Waals surface area contributed by atoms with E-state index in [-0.39, 0.29) is 11.7 Å². The number of ether oxygens (including phenoxy) is 2. The molecule has 0 fully saturated rings. The van der Waals surface area contributed by atoms with Crippen molar-refractivity contribution in [3.63, 3.8) is 0 Å². The molecule has 0 spiro atoms. The maximum atomic E-state index is 13.2. The monoisotopic (exact) mass is 395 g/mol.